The topological polar surface area (TPSA) is 42.0 Å². The first-order valence-electron chi connectivity index (χ1n) is 6.30. The minimum atomic E-state index is -0.465. The van der Waals surface area contributed by atoms with Crippen LogP contribution in [0.5, 0.6) is 0 Å². The number of hydrogen-bond donors (Lipinski definition) is 1. The summed E-state index contributed by atoms with van der Waals surface area (Å²) in [6.07, 6.45) is 1.63. The molecule has 0 spiro atoms. The van der Waals surface area contributed by atoms with Gasteiger partial charge in [-0.2, -0.15) is 0 Å². The molecule has 0 aliphatic heterocycles. The number of carbonyl (C=O) groups excluding carboxylic acids is 1. The van der Waals surface area contributed by atoms with E-state index in [4.69, 9.17) is 0 Å². The minimum Gasteiger partial charge on any atom is -0.319 e. The van der Waals surface area contributed by atoms with Crippen LogP contribution in [0, 0.1) is 5.82 Å². The number of thiophene rings is 1. The Morgan fingerprint density at radius 3 is 2.71 bits per heavy atom. The number of para-hydroxylation sites is 1. The van der Waals surface area contributed by atoms with Crippen LogP contribution in [0.1, 0.15) is 10.4 Å². The fourth-order valence-corrected chi connectivity index (χ4v) is 2.69. The van der Waals surface area contributed by atoms with Gasteiger partial charge in [0.2, 0.25) is 0 Å². The number of halogens is 1. The molecule has 3 nitrogen and oxygen atoms in total. The van der Waals surface area contributed by atoms with E-state index in [1.165, 1.54) is 23.5 Å². The quantitative estimate of drug-likeness (QED) is 0.787. The number of benzene rings is 1. The number of carbonyl (C=O) groups is 1. The summed E-state index contributed by atoms with van der Waals surface area (Å²) in [6.45, 7) is 0. The molecule has 21 heavy (non-hydrogen) atoms. The summed E-state index contributed by atoms with van der Waals surface area (Å²) in [6, 6.07) is 13.2. The van der Waals surface area contributed by atoms with Crippen molar-refractivity contribution in [3.63, 3.8) is 0 Å². The predicted octanol–water partition coefficient (Wildman–Crippen LogP) is 4.20. The SMILES string of the molecule is O=C(Nc1ccccc1F)c1cccnc1-c1cccs1. The molecule has 5 heteroatoms. The van der Waals surface area contributed by atoms with E-state index in [1.54, 1.807) is 30.5 Å². The van der Waals surface area contributed by atoms with Crippen molar-refractivity contribution < 1.29 is 9.18 Å². The van der Waals surface area contributed by atoms with Gasteiger partial charge in [-0.15, -0.1) is 11.3 Å². The Morgan fingerprint density at radius 2 is 1.95 bits per heavy atom. The second-order valence-electron chi connectivity index (χ2n) is 4.31. The molecule has 1 aromatic carbocycles. The zero-order chi connectivity index (χ0) is 14.7. The van der Waals surface area contributed by atoms with Gasteiger partial charge in [-0.1, -0.05) is 18.2 Å². The maximum Gasteiger partial charge on any atom is 0.257 e. The molecule has 2 aromatic heterocycles. The van der Waals surface area contributed by atoms with E-state index in [1.807, 2.05) is 17.5 Å². The first-order valence-corrected chi connectivity index (χ1v) is 7.18. The van der Waals surface area contributed by atoms with Crippen molar-refractivity contribution in [1.29, 1.82) is 0 Å². The van der Waals surface area contributed by atoms with Gasteiger partial charge in [0.25, 0.3) is 5.91 Å². The molecule has 3 aromatic rings. The molecule has 1 N–H and O–H groups in total. The smallest absolute Gasteiger partial charge is 0.257 e. The Balaban J connectivity index is 1.94. The summed E-state index contributed by atoms with van der Waals surface area (Å²) in [7, 11) is 0. The lowest BCUT2D eigenvalue weighted by atomic mass is 10.1. The van der Waals surface area contributed by atoms with Crippen LogP contribution in [0.2, 0.25) is 0 Å². The maximum atomic E-state index is 13.6. The predicted molar refractivity (Wildman–Crippen MR) is 81.9 cm³/mol. The molecule has 104 valence electrons. The molecule has 2 heterocycles. The van der Waals surface area contributed by atoms with Gasteiger partial charge in [-0.25, -0.2) is 4.39 Å². The van der Waals surface area contributed by atoms with Crippen LogP contribution in [0.25, 0.3) is 10.6 Å². The molecule has 1 amide bonds. The monoisotopic (exact) mass is 298 g/mol. The highest BCUT2D eigenvalue weighted by Gasteiger charge is 2.15. The molecule has 0 atom stereocenters. The van der Waals surface area contributed by atoms with Crippen LogP contribution in [0.3, 0.4) is 0 Å². The first-order chi connectivity index (χ1) is 10.3. The van der Waals surface area contributed by atoms with Crippen LogP contribution in [-0.2, 0) is 0 Å². The maximum absolute atomic E-state index is 13.6. The normalized spacial score (nSPS) is 10.3. The number of hydrogen-bond acceptors (Lipinski definition) is 3. The van der Waals surface area contributed by atoms with Gasteiger partial charge in [0.1, 0.15) is 5.82 Å². The first kappa shape index (κ1) is 13.5. The van der Waals surface area contributed by atoms with Crippen LogP contribution in [0.15, 0.2) is 60.1 Å². The molecule has 0 saturated heterocycles. The highest BCUT2D eigenvalue weighted by atomic mass is 32.1. The molecule has 0 bridgehead atoms. The number of rotatable bonds is 3. The Hall–Kier alpha value is -2.53. The van der Waals surface area contributed by atoms with Crippen LogP contribution >= 0.6 is 11.3 Å². The fourth-order valence-electron chi connectivity index (χ4n) is 1.95. The Kier molecular flexibility index (Phi) is 3.75. The molecule has 0 aliphatic carbocycles. The van der Waals surface area contributed by atoms with Crippen molar-refractivity contribution in [3.05, 3.63) is 71.5 Å². The van der Waals surface area contributed by atoms with E-state index in [9.17, 15) is 9.18 Å². The Bertz CT molecular complexity index is 771. The number of anilines is 1. The molecule has 3 rings (SSSR count). The fraction of sp³-hybridized carbons (Fsp3) is 0. The summed E-state index contributed by atoms with van der Waals surface area (Å²) >= 11 is 1.50. The van der Waals surface area contributed by atoms with Crippen molar-refractivity contribution in [3.8, 4) is 10.6 Å². The largest absolute Gasteiger partial charge is 0.319 e. The number of pyridine rings is 1. The summed E-state index contributed by atoms with van der Waals surface area (Å²) < 4.78 is 13.6. The van der Waals surface area contributed by atoms with Crippen LogP contribution in [-0.4, -0.2) is 10.9 Å². The third-order valence-electron chi connectivity index (χ3n) is 2.93. The average molecular weight is 298 g/mol. The average Bonchev–Trinajstić information content (AvgIpc) is 3.04. The standard InChI is InChI=1S/C16H11FN2OS/c17-12-6-1-2-7-13(12)19-16(20)11-5-3-9-18-15(11)14-8-4-10-21-14/h1-10H,(H,19,20). The third-order valence-corrected chi connectivity index (χ3v) is 3.81. The van der Waals surface area contributed by atoms with Gasteiger partial charge in [-0.3, -0.25) is 9.78 Å². The van der Waals surface area contributed by atoms with Gasteiger partial charge >= 0.3 is 0 Å². The number of nitrogens with one attached hydrogen (secondary N) is 1. The van der Waals surface area contributed by atoms with Crippen LogP contribution in [0.4, 0.5) is 10.1 Å². The lowest BCUT2D eigenvalue weighted by Crippen LogP contribution is -2.14. The molecule has 0 fully saturated rings. The van der Waals surface area contributed by atoms with E-state index in [2.05, 4.69) is 10.3 Å². The zero-order valence-electron chi connectivity index (χ0n) is 10.9. The zero-order valence-corrected chi connectivity index (χ0v) is 11.7. The van der Waals surface area contributed by atoms with E-state index in [-0.39, 0.29) is 11.6 Å². The summed E-state index contributed by atoms with van der Waals surface area (Å²) in [5.41, 5.74) is 1.17. The molecule has 0 radical (unpaired) electrons. The molecular weight excluding hydrogens is 287 g/mol. The van der Waals surface area contributed by atoms with Gasteiger partial charge in [0.05, 0.1) is 21.8 Å². The van der Waals surface area contributed by atoms with Gasteiger partial charge in [0, 0.05) is 6.20 Å². The van der Waals surface area contributed by atoms with Crippen molar-refractivity contribution in [1.82, 2.24) is 4.98 Å². The van der Waals surface area contributed by atoms with E-state index >= 15 is 0 Å². The molecule has 0 unspecified atom stereocenters. The summed E-state index contributed by atoms with van der Waals surface area (Å²) in [5.74, 6) is -0.844. The number of nitrogens with zero attached hydrogens (tertiary/aromatic N) is 1. The summed E-state index contributed by atoms with van der Waals surface area (Å²) in [4.78, 5) is 17.5. The number of amides is 1. The minimum absolute atomic E-state index is 0.156. The van der Waals surface area contributed by atoms with E-state index < -0.39 is 5.82 Å². The Labute approximate surface area is 125 Å². The van der Waals surface area contributed by atoms with E-state index in [0.717, 1.165) is 4.88 Å². The molecule has 0 saturated carbocycles. The van der Waals surface area contributed by atoms with Crippen molar-refractivity contribution >= 4 is 22.9 Å². The summed E-state index contributed by atoms with van der Waals surface area (Å²) in [5, 5.41) is 4.50. The molecule has 0 aliphatic rings. The molecular formula is C16H11FN2OS. The highest BCUT2D eigenvalue weighted by Crippen LogP contribution is 2.26. The van der Waals surface area contributed by atoms with Gasteiger partial charge in [0.15, 0.2) is 0 Å². The lowest BCUT2D eigenvalue weighted by molar-refractivity contribution is 0.102. The van der Waals surface area contributed by atoms with E-state index in [0.29, 0.717) is 11.3 Å². The number of aromatic nitrogens is 1. The third kappa shape index (κ3) is 2.83. The second-order valence-corrected chi connectivity index (χ2v) is 5.26. The van der Waals surface area contributed by atoms with Gasteiger partial charge < -0.3 is 5.32 Å². The second kappa shape index (κ2) is 5.85. The van der Waals surface area contributed by atoms with Crippen molar-refractivity contribution in [2.24, 2.45) is 0 Å². The van der Waals surface area contributed by atoms with Crippen LogP contribution < -0.4 is 5.32 Å². The highest BCUT2D eigenvalue weighted by molar-refractivity contribution is 7.13. The Morgan fingerprint density at radius 1 is 1.10 bits per heavy atom. The van der Waals surface area contributed by atoms with Crippen molar-refractivity contribution in [2.45, 2.75) is 0 Å². The lowest BCUT2D eigenvalue weighted by Gasteiger charge is -2.09. The van der Waals surface area contributed by atoms with Crippen molar-refractivity contribution in [2.75, 3.05) is 5.32 Å². The van der Waals surface area contributed by atoms with Gasteiger partial charge in [-0.05, 0) is 35.7 Å².